The van der Waals surface area contributed by atoms with Crippen molar-refractivity contribution in [2.24, 2.45) is 0 Å². The topological polar surface area (TPSA) is 61.7 Å². The second-order valence-electron chi connectivity index (χ2n) is 6.61. The van der Waals surface area contributed by atoms with Gasteiger partial charge in [0, 0.05) is 15.6 Å². The van der Waals surface area contributed by atoms with Crippen molar-refractivity contribution in [1.82, 2.24) is 9.97 Å². The molecule has 0 bridgehead atoms. The van der Waals surface area contributed by atoms with Crippen LogP contribution in [0.2, 0.25) is 10.0 Å². The van der Waals surface area contributed by atoms with Crippen LogP contribution in [0.5, 0.6) is 5.75 Å². The van der Waals surface area contributed by atoms with Crippen LogP contribution in [0.25, 0.3) is 22.7 Å². The quantitative estimate of drug-likeness (QED) is 0.244. The second-order valence-corrected chi connectivity index (χ2v) is 9.16. The number of nitrogens with one attached hydrogen (secondary N) is 1. The third-order valence-corrected chi connectivity index (χ3v) is 6.25. The van der Waals surface area contributed by atoms with Crippen LogP contribution < -0.4 is 4.74 Å². The van der Waals surface area contributed by atoms with Gasteiger partial charge in [0.2, 0.25) is 0 Å². The number of benzene rings is 3. The first-order valence-corrected chi connectivity index (χ1v) is 11.4. The Kier molecular flexibility index (Phi) is 6.68. The molecule has 0 saturated heterocycles. The maximum atomic E-state index is 9.67. The molecule has 0 aliphatic carbocycles. The number of rotatable bonds is 5. The maximum absolute atomic E-state index is 9.67. The molecule has 31 heavy (non-hydrogen) atoms. The average molecular weight is 578 g/mol. The fourth-order valence-electron chi connectivity index (χ4n) is 2.99. The number of imidazole rings is 1. The van der Waals surface area contributed by atoms with E-state index in [1.54, 1.807) is 18.2 Å². The van der Waals surface area contributed by atoms with Gasteiger partial charge >= 0.3 is 0 Å². The highest BCUT2D eigenvalue weighted by molar-refractivity contribution is 9.11. The molecule has 0 saturated carbocycles. The molecule has 0 aliphatic rings. The molecule has 0 spiro atoms. The molecule has 4 nitrogen and oxygen atoms in total. The van der Waals surface area contributed by atoms with E-state index in [0.29, 0.717) is 27.2 Å². The number of hydrogen-bond donors (Lipinski definition) is 1. The van der Waals surface area contributed by atoms with E-state index in [1.165, 1.54) is 0 Å². The molecule has 1 heterocycles. The Bertz CT molecular complexity index is 1300. The van der Waals surface area contributed by atoms with Crippen molar-refractivity contribution < 1.29 is 4.74 Å². The van der Waals surface area contributed by atoms with Gasteiger partial charge < -0.3 is 9.72 Å². The van der Waals surface area contributed by atoms with Crippen molar-refractivity contribution in [2.75, 3.05) is 0 Å². The molecule has 0 amide bonds. The highest BCUT2D eigenvalue weighted by Gasteiger charge is 2.12. The molecule has 0 unspecified atom stereocenters. The zero-order valence-corrected chi connectivity index (χ0v) is 20.5. The van der Waals surface area contributed by atoms with Gasteiger partial charge in [-0.3, -0.25) is 0 Å². The molecular weight excluding hydrogens is 565 g/mol. The van der Waals surface area contributed by atoms with Crippen LogP contribution >= 0.6 is 55.1 Å². The summed E-state index contributed by atoms with van der Waals surface area (Å²) in [6.45, 7) is 0.283. The normalized spacial score (nSPS) is 11.5. The molecule has 0 atom stereocenters. The van der Waals surface area contributed by atoms with E-state index >= 15 is 0 Å². The number of ether oxygens (including phenoxy) is 1. The lowest BCUT2D eigenvalue weighted by molar-refractivity contribution is 0.302. The van der Waals surface area contributed by atoms with Crippen molar-refractivity contribution in [3.05, 3.63) is 90.5 Å². The second kappa shape index (κ2) is 9.46. The van der Waals surface area contributed by atoms with Crippen LogP contribution in [0.1, 0.15) is 17.0 Å². The Morgan fingerprint density at radius 2 is 1.84 bits per heavy atom. The number of halogens is 4. The number of nitrogens with zero attached hydrogens (tertiary/aromatic N) is 2. The van der Waals surface area contributed by atoms with Crippen LogP contribution in [-0.2, 0) is 6.61 Å². The molecule has 0 radical (unpaired) electrons. The number of fused-ring (bicyclic) bond motifs is 1. The predicted molar refractivity (Wildman–Crippen MR) is 132 cm³/mol. The van der Waals surface area contributed by atoms with Crippen molar-refractivity contribution in [2.45, 2.75) is 6.61 Å². The molecule has 0 fully saturated rings. The number of nitriles is 1. The van der Waals surface area contributed by atoms with Crippen molar-refractivity contribution in [1.29, 1.82) is 5.26 Å². The number of aromatic amines is 1. The number of H-pyrrole nitrogens is 1. The largest absolute Gasteiger partial charge is 0.486 e. The Balaban J connectivity index is 1.60. The summed E-state index contributed by atoms with van der Waals surface area (Å²) >= 11 is 19.3. The van der Waals surface area contributed by atoms with Crippen molar-refractivity contribution >= 4 is 77.7 Å². The first-order chi connectivity index (χ1) is 14.9. The number of aromatic nitrogens is 2. The Labute approximate surface area is 205 Å². The van der Waals surface area contributed by atoms with Crippen molar-refractivity contribution in [3.8, 4) is 11.8 Å². The lowest BCUT2D eigenvalue weighted by Crippen LogP contribution is -1.98. The van der Waals surface area contributed by atoms with E-state index < -0.39 is 0 Å². The maximum Gasteiger partial charge on any atom is 0.149 e. The molecule has 1 N–H and O–H groups in total. The van der Waals surface area contributed by atoms with Crippen molar-refractivity contribution in [3.63, 3.8) is 0 Å². The van der Waals surface area contributed by atoms with Crippen LogP contribution in [0.4, 0.5) is 0 Å². The van der Waals surface area contributed by atoms with Gasteiger partial charge in [-0.25, -0.2) is 4.98 Å². The molecule has 154 valence electrons. The fraction of sp³-hybridized carbons (Fsp3) is 0.0435. The van der Waals surface area contributed by atoms with Gasteiger partial charge in [0.1, 0.15) is 24.3 Å². The van der Waals surface area contributed by atoms with E-state index in [0.717, 1.165) is 31.1 Å². The third-order valence-electron chi connectivity index (χ3n) is 4.48. The SMILES string of the molecule is N#C/C(=C\c1cc(Br)c(OCc2ccc(Cl)cc2Cl)c(Br)c1)c1nc2ccccc2[nH]1. The van der Waals surface area contributed by atoms with Crippen LogP contribution in [-0.4, -0.2) is 9.97 Å². The van der Waals surface area contributed by atoms with Crippen LogP contribution in [0.15, 0.2) is 63.5 Å². The van der Waals surface area contributed by atoms with Crippen LogP contribution in [0, 0.1) is 11.3 Å². The Morgan fingerprint density at radius 1 is 1.10 bits per heavy atom. The summed E-state index contributed by atoms with van der Waals surface area (Å²) in [7, 11) is 0. The van der Waals surface area contributed by atoms with E-state index in [4.69, 9.17) is 27.9 Å². The standard InChI is InChI=1S/C23H13Br2Cl2N3O/c24-17-8-13(7-15(11-28)23-29-20-3-1-2-4-21(20)30-23)9-18(25)22(17)31-12-14-5-6-16(26)10-19(14)27/h1-10H,12H2,(H,29,30)/b15-7+. The molecule has 1 aromatic heterocycles. The highest BCUT2D eigenvalue weighted by atomic mass is 79.9. The lowest BCUT2D eigenvalue weighted by Gasteiger charge is -2.12. The average Bonchev–Trinajstić information content (AvgIpc) is 3.16. The minimum absolute atomic E-state index is 0.283. The molecule has 3 aromatic carbocycles. The minimum atomic E-state index is 0.283. The van der Waals surface area contributed by atoms with E-state index in [1.807, 2.05) is 42.5 Å². The highest BCUT2D eigenvalue weighted by Crippen LogP contribution is 2.37. The molecule has 0 aliphatic heterocycles. The zero-order chi connectivity index (χ0) is 22.0. The Morgan fingerprint density at radius 3 is 2.52 bits per heavy atom. The number of para-hydroxylation sites is 2. The zero-order valence-electron chi connectivity index (χ0n) is 15.8. The van der Waals surface area contributed by atoms with Gasteiger partial charge in [-0.1, -0.05) is 41.4 Å². The summed E-state index contributed by atoms with van der Waals surface area (Å²) in [6, 6.07) is 18.9. The summed E-state index contributed by atoms with van der Waals surface area (Å²) in [4.78, 5) is 7.69. The Hall–Kier alpha value is -2.30. The molecular formula is C23H13Br2Cl2N3O. The summed E-state index contributed by atoms with van der Waals surface area (Å²) in [5, 5.41) is 10.8. The first-order valence-electron chi connectivity index (χ1n) is 9.07. The van der Waals surface area contributed by atoms with Gasteiger partial charge in [0.05, 0.1) is 25.6 Å². The number of allylic oxidation sites excluding steroid dienone is 1. The van der Waals surface area contributed by atoms with Gasteiger partial charge in [-0.05, 0) is 79.9 Å². The van der Waals surface area contributed by atoms with Gasteiger partial charge in [0.15, 0.2) is 0 Å². The third kappa shape index (κ3) is 4.97. The minimum Gasteiger partial charge on any atom is -0.486 e. The predicted octanol–water partition coefficient (Wildman–Crippen LogP) is 8.04. The van der Waals surface area contributed by atoms with Crippen LogP contribution in [0.3, 0.4) is 0 Å². The monoisotopic (exact) mass is 575 g/mol. The van der Waals surface area contributed by atoms with Gasteiger partial charge in [-0.2, -0.15) is 5.26 Å². The van der Waals surface area contributed by atoms with Gasteiger partial charge in [-0.15, -0.1) is 0 Å². The van der Waals surface area contributed by atoms with E-state index in [9.17, 15) is 5.26 Å². The van der Waals surface area contributed by atoms with E-state index in [2.05, 4.69) is 47.9 Å². The molecule has 4 aromatic rings. The smallest absolute Gasteiger partial charge is 0.149 e. The lowest BCUT2D eigenvalue weighted by atomic mass is 10.1. The first kappa shape index (κ1) is 21.9. The summed E-state index contributed by atoms with van der Waals surface area (Å²) in [5.41, 5.74) is 3.76. The molecule has 4 rings (SSSR count). The number of hydrogen-bond acceptors (Lipinski definition) is 3. The fourth-order valence-corrected chi connectivity index (χ4v) is 4.90. The summed E-state index contributed by atoms with van der Waals surface area (Å²) in [5.74, 6) is 1.15. The summed E-state index contributed by atoms with van der Waals surface area (Å²) in [6.07, 6.45) is 1.77. The van der Waals surface area contributed by atoms with Gasteiger partial charge in [0.25, 0.3) is 0 Å². The molecule has 8 heteroatoms. The summed E-state index contributed by atoms with van der Waals surface area (Å²) < 4.78 is 7.43. The van der Waals surface area contributed by atoms with E-state index in [-0.39, 0.29) is 6.61 Å².